The molecular weight excluding hydrogens is 500 g/mol. The van der Waals surface area contributed by atoms with Crippen LogP contribution in [0.15, 0.2) is 70.3 Å². The predicted octanol–water partition coefficient (Wildman–Crippen LogP) is 3.91. The summed E-state index contributed by atoms with van der Waals surface area (Å²) in [5.74, 6) is 1.14. The summed E-state index contributed by atoms with van der Waals surface area (Å²) >= 11 is 0. The lowest BCUT2D eigenvalue weighted by Crippen LogP contribution is -2.48. The summed E-state index contributed by atoms with van der Waals surface area (Å²) < 4.78 is 4.92. The molecule has 0 unspecified atom stereocenters. The molecular formula is C32H42N6O2. The van der Waals surface area contributed by atoms with Crippen LogP contribution in [0.4, 0.5) is 0 Å². The van der Waals surface area contributed by atoms with Crippen molar-refractivity contribution in [2.75, 3.05) is 32.7 Å². The van der Waals surface area contributed by atoms with E-state index in [1.54, 1.807) is 4.57 Å². The molecule has 0 bridgehead atoms. The van der Waals surface area contributed by atoms with Crippen LogP contribution >= 0.6 is 0 Å². The number of aromatic nitrogens is 4. The first-order chi connectivity index (χ1) is 19.4. The number of aryl methyl sites for hydroxylation is 2. The Kier molecular flexibility index (Phi) is 8.66. The lowest BCUT2D eigenvalue weighted by molar-refractivity contribution is 0.108. The molecule has 3 heterocycles. The zero-order valence-electron chi connectivity index (χ0n) is 24.3. The number of fused-ring (bicyclic) bond motifs is 1. The second-order valence-electron chi connectivity index (χ2n) is 11.3. The summed E-state index contributed by atoms with van der Waals surface area (Å²) in [6.45, 7) is 11.9. The maximum atomic E-state index is 13.1. The van der Waals surface area contributed by atoms with Crippen molar-refractivity contribution in [2.24, 2.45) is 13.0 Å². The van der Waals surface area contributed by atoms with Gasteiger partial charge in [0.25, 0.3) is 5.56 Å². The fraction of sp³-hybridized carbons (Fsp3) is 0.469. The summed E-state index contributed by atoms with van der Waals surface area (Å²) in [6.07, 6.45) is 1.72. The average molecular weight is 543 g/mol. The summed E-state index contributed by atoms with van der Waals surface area (Å²) in [5.41, 5.74) is 3.21. The minimum atomic E-state index is -0.263. The van der Waals surface area contributed by atoms with Crippen LogP contribution in [-0.2, 0) is 26.6 Å². The molecule has 4 aromatic rings. The van der Waals surface area contributed by atoms with Gasteiger partial charge in [0, 0.05) is 52.7 Å². The SMILES string of the molecule is CCn1c(=O)c2c(nc(CCCN3CCN(C(c4ccccc4)c4ccccc4)CC3)n2C)n(CC(C)C)c1=O. The molecule has 1 aliphatic rings. The second-order valence-corrected chi connectivity index (χ2v) is 11.3. The van der Waals surface area contributed by atoms with Crippen molar-refractivity contribution in [3.63, 3.8) is 0 Å². The van der Waals surface area contributed by atoms with Crippen molar-refractivity contribution < 1.29 is 0 Å². The molecule has 2 aromatic heterocycles. The Hall–Kier alpha value is -3.49. The van der Waals surface area contributed by atoms with Gasteiger partial charge in [0.15, 0.2) is 11.2 Å². The van der Waals surface area contributed by atoms with Crippen LogP contribution in [0.2, 0.25) is 0 Å². The van der Waals surface area contributed by atoms with Crippen molar-refractivity contribution >= 4 is 11.2 Å². The van der Waals surface area contributed by atoms with Crippen molar-refractivity contribution in [1.29, 1.82) is 0 Å². The quantitative estimate of drug-likeness (QED) is 0.304. The van der Waals surface area contributed by atoms with E-state index in [2.05, 4.69) is 84.3 Å². The number of nitrogens with zero attached hydrogens (tertiary/aromatic N) is 6. The van der Waals surface area contributed by atoms with Gasteiger partial charge in [-0.1, -0.05) is 74.5 Å². The number of hydrogen-bond acceptors (Lipinski definition) is 5. The normalized spacial score (nSPS) is 15.1. The van der Waals surface area contributed by atoms with Crippen LogP contribution in [-0.4, -0.2) is 61.2 Å². The maximum absolute atomic E-state index is 13.1. The molecule has 8 heteroatoms. The van der Waals surface area contributed by atoms with Gasteiger partial charge in [-0.3, -0.25) is 18.8 Å². The Morgan fingerprint density at radius 1 is 0.850 bits per heavy atom. The summed E-state index contributed by atoms with van der Waals surface area (Å²) in [6, 6.07) is 21.9. The molecule has 1 aliphatic heterocycles. The number of imidazole rings is 1. The van der Waals surface area contributed by atoms with Gasteiger partial charge in [0.2, 0.25) is 0 Å². The molecule has 0 N–H and O–H groups in total. The van der Waals surface area contributed by atoms with Crippen molar-refractivity contribution in [2.45, 2.75) is 52.7 Å². The molecule has 212 valence electrons. The van der Waals surface area contributed by atoms with Crippen molar-refractivity contribution in [3.8, 4) is 0 Å². The Balaban J connectivity index is 1.26. The fourth-order valence-electron chi connectivity index (χ4n) is 6.03. The first-order valence-corrected chi connectivity index (χ1v) is 14.6. The summed E-state index contributed by atoms with van der Waals surface area (Å²) in [5, 5.41) is 0. The number of rotatable bonds is 10. The van der Waals surface area contributed by atoms with E-state index in [9.17, 15) is 9.59 Å². The highest BCUT2D eigenvalue weighted by atomic mass is 16.2. The smallest absolute Gasteiger partial charge is 0.325 e. The topological polar surface area (TPSA) is 68.3 Å². The molecule has 1 saturated heterocycles. The van der Waals surface area contributed by atoms with Gasteiger partial charge < -0.3 is 9.47 Å². The fourth-order valence-corrected chi connectivity index (χ4v) is 6.03. The minimum Gasteiger partial charge on any atom is -0.325 e. The number of hydrogen-bond donors (Lipinski definition) is 0. The van der Waals surface area contributed by atoms with Crippen LogP contribution < -0.4 is 11.2 Å². The third-order valence-corrected chi connectivity index (χ3v) is 8.08. The zero-order chi connectivity index (χ0) is 28.2. The standard InChI is InChI=1S/C32H42N6O2/c1-5-37-31(39)29-30(38(32(37)40)23-24(2)3)33-27(34(29)4)17-12-18-35-19-21-36(22-20-35)28(25-13-8-6-9-14-25)26-15-10-7-11-16-26/h6-11,13-16,24,28H,5,12,17-23H2,1-4H3. The molecule has 0 amide bonds. The van der Waals surface area contributed by atoms with Crippen LogP contribution in [0.25, 0.3) is 11.2 Å². The van der Waals surface area contributed by atoms with Gasteiger partial charge in [-0.15, -0.1) is 0 Å². The van der Waals surface area contributed by atoms with E-state index in [0.717, 1.165) is 51.4 Å². The van der Waals surface area contributed by atoms with E-state index >= 15 is 0 Å². The van der Waals surface area contributed by atoms with Crippen molar-refractivity contribution in [1.82, 2.24) is 28.5 Å². The largest absolute Gasteiger partial charge is 0.332 e. The molecule has 0 radical (unpaired) electrons. The zero-order valence-corrected chi connectivity index (χ0v) is 24.3. The van der Waals surface area contributed by atoms with Gasteiger partial charge in [0.1, 0.15) is 5.82 Å². The molecule has 0 atom stereocenters. The monoisotopic (exact) mass is 542 g/mol. The highest BCUT2D eigenvalue weighted by Crippen LogP contribution is 2.29. The molecule has 0 saturated carbocycles. The van der Waals surface area contributed by atoms with E-state index < -0.39 is 0 Å². The Bertz CT molecular complexity index is 1490. The molecule has 40 heavy (non-hydrogen) atoms. The Morgan fingerprint density at radius 3 is 2.00 bits per heavy atom. The highest BCUT2D eigenvalue weighted by Gasteiger charge is 2.26. The molecule has 8 nitrogen and oxygen atoms in total. The van der Waals surface area contributed by atoms with Gasteiger partial charge >= 0.3 is 5.69 Å². The van der Waals surface area contributed by atoms with E-state index in [1.165, 1.54) is 15.7 Å². The first kappa shape index (κ1) is 28.1. The van der Waals surface area contributed by atoms with Crippen LogP contribution in [0.5, 0.6) is 0 Å². The lowest BCUT2D eigenvalue weighted by atomic mass is 9.96. The molecule has 0 spiro atoms. The second kappa shape index (κ2) is 12.4. The molecule has 2 aromatic carbocycles. The van der Waals surface area contributed by atoms with Crippen LogP contribution in [0.3, 0.4) is 0 Å². The lowest BCUT2D eigenvalue weighted by Gasteiger charge is -2.39. The number of piperazine rings is 1. The maximum Gasteiger partial charge on any atom is 0.332 e. The van der Waals surface area contributed by atoms with E-state index in [4.69, 9.17) is 4.98 Å². The van der Waals surface area contributed by atoms with E-state index in [0.29, 0.717) is 24.3 Å². The molecule has 1 fully saturated rings. The first-order valence-electron chi connectivity index (χ1n) is 14.6. The molecule has 0 aliphatic carbocycles. The van der Waals surface area contributed by atoms with Crippen LogP contribution in [0, 0.1) is 5.92 Å². The van der Waals surface area contributed by atoms with Crippen molar-refractivity contribution in [3.05, 3.63) is 98.5 Å². The van der Waals surface area contributed by atoms with Gasteiger partial charge in [-0.2, -0.15) is 0 Å². The Labute approximate surface area is 236 Å². The predicted molar refractivity (Wildman–Crippen MR) is 161 cm³/mol. The van der Waals surface area contributed by atoms with Crippen LogP contribution in [0.1, 0.15) is 50.2 Å². The van der Waals surface area contributed by atoms with Gasteiger partial charge in [-0.25, -0.2) is 9.78 Å². The minimum absolute atomic E-state index is 0.244. The van der Waals surface area contributed by atoms with E-state index in [1.807, 2.05) is 18.5 Å². The molecule has 5 rings (SSSR count). The van der Waals surface area contributed by atoms with Gasteiger partial charge in [0.05, 0.1) is 6.04 Å². The average Bonchev–Trinajstić information content (AvgIpc) is 3.29. The number of benzene rings is 2. The van der Waals surface area contributed by atoms with Gasteiger partial charge in [-0.05, 0) is 36.9 Å². The third-order valence-electron chi connectivity index (χ3n) is 8.08. The summed E-state index contributed by atoms with van der Waals surface area (Å²) in [7, 11) is 1.91. The Morgan fingerprint density at radius 2 is 1.45 bits per heavy atom. The van der Waals surface area contributed by atoms with E-state index in [-0.39, 0.29) is 23.2 Å². The highest BCUT2D eigenvalue weighted by molar-refractivity contribution is 5.71. The summed E-state index contributed by atoms with van der Waals surface area (Å²) in [4.78, 5) is 36.1. The third kappa shape index (κ3) is 5.69.